The van der Waals surface area contributed by atoms with Gasteiger partial charge in [-0.3, -0.25) is 14.7 Å². The minimum absolute atomic E-state index is 0.0828. The number of hydrogen-bond acceptors (Lipinski definition) is 4. The van der Waals surface area contributed by atoms with Crippen molar-refractivity contribution in [3.8, 4) is 0 Å². The first-order valence-electron chi connectivity index (χ1n) is 7.07. The van der Waals surface area contributed by atoms with E-state index in [4.69, 9.17) is 0 Å². The van der Waals surface area contributed by atoms with Crippen molar-refractivity contribution in [2.45, 2.75) is 32.2 Å². The van der Waals surface area contributed by atoms with Gasteiger partial charge in [-0.1, -0.05) is 0 Å². The number of carbonyl (C=O) groups is 2. The molecule has 108 valence electrons. The number of rotatable bonds is 5. The van der Waals surface area contributed by atoms with Crippen LogP contribution < -0.4 is 5.32 Å². The van der Waals surface area contributed by atoms with Crippen molar-refractivity contribution >= 4 is 11.8 Å². The maximum atomic E-state index is 12.2. The van der Waals surface area contributed by atoms with Crippen LogP contribution in [-0.4, -0.2) is 45.0 Å². The maximum absolute atomic E-state index is 12.2. The molecule has 3 rings (SSSR count). The minimum atomic E-state index is -0.244. The molecule has 0 bridgehead atoms. The van der Waals surface area contributed by atoms with Crippen molar-refractivity contribution in [1.82, 2.24) is 25.4 Å². The fourth-order valence-electron chi connectivity index (χ4n) is 2.56. The Morgan fingerprint density at radius 2 is 2.40 bits per heavy atom. The summed E-state index contributed by atoms with van der Waals surface area (Å²) in [5.41, 5.74) is 0. The summed E-state index contributed by atoms with van der Waals surface area (Å²) >= 11 is 0. The van der Waals surface area contributed by atoms with E-state index >= 15 is 0 Å². The second kappa shape index (κ2) is 5.22. The molecule has 1 aromatic rings. The van der Waals surface area contributed by atoms with Gasteiger partial charge < -0.3 is 10.2 Å². The number of nitrogens with one attached hydrogen (secondary N) is 2. The van der Waals surface area contributed by atoms with Crippen LogP contribution in [0.25, 0.3) is 0 Å². The molecule has 2 aliphatic rings. The Kier molecular flexibility index (Phi) is 3.42. The van der Waals surface area contributed by atoms with Gasteiger partial charge in [-0.15, -0.1) is 0 Å². The van der Waals surface area contributed by atoms with Crippen LogP contribution in [0, 0.1) is 11.8 Å². The van der Waals surface area contributed by atoms with Crippen molar-refractivity contribution in [1.29, 1.82) is 0 Å². The average Bonchev–Trinajstić information content (AvgIpc) is 2.91. The first-order valence-corrected chi connectivity index (χ1v) is 7.07. The summed E-state index contributed by atoms with van der Waals surface area (Å²) in [6.45, 7) is 3.21. The van der Waals surface area contributed by atoms with E-state index in [0.717, 1.165) is 6.54 Å². The van der Waals surface area contributed by atoms with Gasteiger partial charge in [-0.05, 0) is 25.7 Å². The van der Waals surface area contributed by atoms with E-state index in [1.165, 1.54) is 19.2 Å². The van der Waals surface area contributed by atoms with E-state index in [1.54, 1.807) is 0 Å². The first-order chi connectivity index (χ1) is 9.63. The minimum Gasteiger partial charge on any atom is -0.346 e. The molecule has 1 aromatic heterocycles. The van der Waals surface area contributed by atoms with Crippen molar-refractivity contribution in [2.24, 2.45) is 11.8 Å². The maximum Gasteiger partial charge on any atom is 0.226 e. The van der Waals surface area contributed by atoms with Crippen LogP contribution in [0.5, 0.6) is 0 Å². The smallest absolute Gasteiger partial charge is 0.226 e. The van der Waals surface area contributed by atoms with Gasteiger partial charge in [0.2, 0.25) is 11.8 Å². The van der Waals surface area contributed by atoms with Crippen LogP contribution >= 0.6 is 0 Å². The number of H-pyrrole nitrogens is 1. The zero-order chi connectivity index (χ0) is 14.1. The third-order valence-corrected chi connectivity index (χ3v) is 3.96. The van der Waals surface area contributed by atoms with Crippen molar-refractivity contribution in [2.75, 3.05) is 13.1 Å². The molecule has 0 aromatic carbocycles. The zero-order valence-corrected chi connectivity index (χ0v) is 11.5. The van der Waals surface area contributed by atoms with Crippen molar-refractivity contribution < 1.29 is 9.59 Å². The second-order valence-corrected chi connectivity index (χ2v) is 5.74. The Morgan fingerprint density at radius 1 is 1.60 bits per heavy atom. The van der Waals surface area contributed by atoms with Gasteiger partial charge in [-0.25, -0.2) is 4.98 Å². The monoisotopic (exact) mass is 277 g/mol. The fraction of sp³-hybridized carbons (Fsp3) is 0.692. The standard InChI is InChI=1S/C13H19N5O2/c1-8(12-14-7-15-17-12)16-13(20)10-4-11(19)18(6-10)5-9-2-3-9/h7-10H,2-6H2,1H3,(H,16,20)(H,14,15,17). The van der Waals surface area contributed by atoms with Gasteiger partial charge in [0.05, 0.1) is 12.0 Å². The number of nitrogens with zero attached hydrogens (tertiary/aromatic N) is 3. The van der Waals surface area contributed by atoms with E-state index in [9.17, 15) is 9.59 Å². The summed E-state index contributed by atoms with van der Waals surface area (Å²) in [7, 11) is 0. The summed E-state index contributed by atoms with van der Waals surface area (Å²) in [5.74, 6) is 1.06. The van der Waals surface area contributed by atoms with Gasteiger partial charge >= 0.3 is 0 Å². The molecule has 1 aliphatic heterocycles. The zero-order valence-electron chi connectivity index (χ0n) is 11.5. The number of aromatic nitrogens is 3. The van der Waals surface area contributed by atoms with Gasteiger partial charge in [0.15, 0.2) is 0 Å². The van der Waals surface area contributed by atoms with E-state index < -0.39 is 0 Å². The van der Waals surface area contributed by atoms with Gasteiger partial charge in [0.1, 0.15) is 12.2 Å². The Bertz CT molecular complexity index is 497. The van der Waals surface area contributed by atoms with Crippen molar-refractivity contribution in [3.63, 3.8) is 0 Å². The predicted octanol–water partition coefficient (Wildman–Crippen LogP) is 0.240. The highest BCUT2D eigenvalue weighted by atomic mass is 16.2. The molecule has 0 radical (unpaired) electrons. The largest absolute Gasteiger partial charge is 0.346 e. The Hall–Kier alpha value is -1.92. The highest BCUT2D eigenvalue weighted by molar-refractivity contribution is 5.89. The SMILES string of the molecule is CC(NC(=O)C1CC(=O)N(CC2CC2)C1)c1ncn[nH]1. The molecular weight excluding hydrogens is 258 g/mol. The molecule has 2 atom stereocenters. The summed E-state index contributed by atoms with van der Waals surface area (Å²) in [4.78, 5) is 29.9. The van der Waals surface area contributed by atoms with Gasteiger partial charge in [0.25, 0.3) is 0 Å². The highest BCUT2D eigenvalue weighted by Gasteiger charge is 2.37. The molecule has 20 heavy (non-hydrogen) atoms. The third kappa shape index (κ3) is 2.81. The van der Waals surface area contributed by atoms with Crippen LogP contribution in [0.2, 0.25) is 0 Å². The number of amides is 2. The molecule has 7 heteroatoms. The summed E-state index contributed by atoms with van der Waals surface area (Å²) in [6.07, 6.45) is 4.16. The number of likely N-dealkylation sites (tertiary alicyclic amines) is 1. The molecule has 2 heterocycles. The topological polar surface area (TPSA) is 91.0 Å². The van der Waals surface area contributed by atoms with Crippen molar-refractivity contribution in [3.05, 3.63) is 12.2 Å². The van der Waals surface area contributed by atoms with E-state index in [0.29, 0.717) is 24.7 Å². The fourth-order valence-corrected chi connectivity index (χ4v) is 2.56. The first kappa shape index (κ1) is 13.1. The van der Waals surface area contributed by atoms with Crippen LogP contribution in [-0.2, 0) is 9.59 Å². The lowest BCUT2D eigenvalue weighted by molar-refractivity contribution is -0.129. The predicted molar refractivity (Wildman–Crippen MR) is 70.4 cm³/mol. The quantitative estimate of drug-likeness (QED) is 0.806. The summed E-state index contributed by atoms with van der Waals surface area (Å²) in [5, 5.41) is 9.38. The normalized spacial score (nSPS) is 23.9. The molecule has 2 fully saturated rings. The van der Waals surface area contributed by atoms with Gasteiger partial charge in [-0.2, -0.15) is 5.10 Å². The lowest BCUT2D eigenvalue weighted by atomic mass is 10.1. The van der Waals surface area contributed by atoms with E-state index in [1.807, 2.05) is 11.8 Å². The molecule has 2 N–H and O–H groups in total. The molecule has 1 saturated carbocycles. The molecule has 2 amide bonds. The molecule has 2 unspecified atom stereocenters. The highest BCUT2D eigenvalue weighted by Crippen LogP contribution is 2.32. The average molecular weight is 277 g/mol. The van der Waals surface area contributed by atoms with Gasteiger partial charge in [0, 0.05) is 19.5 Å². The second-order valence-electron chi connectivity index (χ2n) is 5.74. The molecule has 0 spiro atoms. The molecular formula is C13H19N5O2. The Morgan fingerprint density at radius 3 is 3.05 bits per heavy atom. The Balaban J connectivity index is 1.53. The molecule has 7 nitrogen and oxygen atoms in total. The Labute approximate surface area is 117 Å². The number of aromatic amines is 1. The van der Waals surface area contributed by atoms with Crippen LogP contribution in [0.1, 0.15) is 38.1 Å². The van der Waals surface area contributed by atoms with E-state index in [-0.39, 0.29) is 23.8 Å². The molecule has 1 aliphatic carbocycles. The number of carbonyl (C=O) groups excluding carboxylic acids is 2. The third-order valence-electron chi connectivity index (χ3n) is 3.96. The lowest BCUT2D eigenvalue weighted by Crippen LogP contribution is -2.35. The number of hydrogen-bond donors (Lipinski definition) is 2. The summed E-state index contributed by atoms with van der Waals surface area (Å²) in [6, 6.07) is -0.224. The summed E-state index contributed by atoms with van der Waals surface area (Å²) < 4.78 is 0. The van der Waals surface area contributed by atoms with E-state index in [2.05, 4.69) is 20.5 Å². The van der Waals surface area contributed by atoms with Crippen LogP contribution in [0.4, 0.5) is 0 Å². The van der Waals surface area contributed by atoms with Crippen LogP contribution in [0.3, 0.4) is 0 Å². The van der Waals surface area contributed by atoms with Crippen LogP contribution in [0.15, 0.2) is 6.33 Å². The lowest BCUT2D eigenvalue weighted by Gasteiger charge is -2.17. The molecule has 1 saturated heterocycles.